The van der Waals surface area contributed by atoms with E-state index in [1.807, 2.05) is 4.90 Å². The lowest BCUT2D eigenvalue weighted by atomic mass is 10.1. The molecule has 2 unspecified atom stereocenters. The number of aromatic nitrogens is 2. The van der Waals surface area contributed by atoms with Crippen LogP contribution >= 0.6 is 0 Å². The van der Waals surface area contributed by atoms with Crippen LogP contribution < -0.4 is 15.4 Å². The molecule has 1 aromatic carbocycles. The molecule has 5 rings (SSSR count). The molecule has 1 aromatic heterocycles. The fourth-order valence-electron chi connectivity index (χ4n) is 4.64. The third kappa shape index (κ3) is 3.64. The second-order valence-corrected chi connectivity index (χ2v) is 8.11. The van der Waals surface area contributed by atoms with E-state index < -0.39 is 35.8 Å². The Balaban J connectivity index is 1.64. The number of nitrogens with zero attached hydrogens (tertiary/aromatic N) is 4. The molecule has 31 heavy (non-hydrogen) atoms. The Morgan fingerprint density at radius 1 is 0.968 bits per heavy atom. The van der Waals surface area contributed by atoms with E-state index in [1.54, 1.807) is 0 Å². The minimum atomic E-state index is -4.69. The number of fused-ring (bicyclic) bond motifs is 3. The number of rotatable bonds is 2. The summed E-state index contributed by atoms with van der Waals surface area (Å²) < 4.78 is 76.2. The molecule has 0 saturated carbocycles. The van der Waals surface area contributed by atoms with Crippen molar-refractivity contribution in [2.45, 2.75) is 50.2 Å². The summed E-state index contributed by atoms with van der Waals surface area (Å²) in [5.74, 6) is -2.08. The van der Waals surface area contributed by atoms with Gasteiger partial charge < -0.3 is 9.64 Å². The van der Waals surface area contributed by atoms with Crippen LogP contribution in [-0.4, -0.2) is 47.1 Å². The molecular formula is C20H19F5N4O2. The van der Waals surface area contributed by atoms with Crippen molar-refractivity contribution >= 4 is 17.5 Å². The highest BCUT2D eigenvalue weighted by Gasteiger charge is 2.48. The number of ether oxygens (including phenoxy) is 1. The normalized spacial score (nSPS) is 25.6. The van der Waals surface area contributed by atoms with Crippen molar-refractivity contribution in [1.82, 2.24) is 9.55 Å². The molecule has 0 spiro atoms. The average Bonchev–Trinajstić information content (AvgIpc) is 3.03. The highest BCUT2D eigenvalue weighted by molar-refractivity contribution is 5.62. The van der Waals surface area contributed by atoms with Crippen molar-refractivity contribution in [2.75, 3.05) is 22.9 Å². The Labute approximate surface area is 173 Å². The van der Waals surface area contributed by atoms with Crippen molar-refractivity contribution < 1.29 is 26.7 Å². The molecule has 0 radical (unpaired) electrons. The van der Waals surface area contributed by atoms with Gasteiger partial charge in [0, 0.05) is 31.8 Å². The summed E-state index contributed by atoms with van der Waals surface area (Å²) in [6.07, 6.45) is -3.44. The highest BCUT2D eigenvalue weighted by Crippen LogP contribution is 2.40. The van der Waals surface area contributed by atoms with Gasteiger partial charge in [0.15, 0.2) is 0 Å². The van der Waals surface area contributed by atoms with Gasteiger partial charge in [0.05, 0.1) is 17.9 Å². The number of halogens is 5. The number of benzene rings is 1. The van der Waals surface area contributed by atoms with E-state index in [9.17, 15) is 26.7 Å². The largest absolute Gasteiger partial charge is 0.409 e. The zero-order chi connectivity index (χ0) is 21.9. The lowest BCUT2D eigenvalue weighted by Gasteiger charge is -2.40. The standard InChI is InChI=1S/C20H19F5N4O2/c21-11-5-12(22)7-13(6-11)29-16(20(23,24)25)3-4-28-18(30)8-17(26-19(28)29)27-9-14-1-2-15(10-27)31-14/h5-8,14-16H,1-4,9-10H2/t14?,15?,16-/m0/s1. The molecule has 3 atom stereocenters. The summed E-state index contributed by atoms with van der Waals surface area (Å²) in [6.45, 7) is 0.752. The maximum atomic E-state index is 13.9. The van der Waals surface area contributed by atoms with Crippen LogP contribution in [0.1, 0.15) is 19.3 Å². The van der Waals surface area contributed by atoms with Crippen molar-refractivity contribution in [3.8, 4) is 0 Å². The van der Waals surface area contributed by atoms with E-state index in [-0.39, 0.29) is 36.2 Å². The molecule has 0 aliphatic carbocycles. The first-order chi connectivity index (χ1) is 14.7. The van der Waals surface area contributed by atoms with Crippen LogP contribution in [-0.2, 0) is 11.3 Å². The maximum absolute atomic E-state index is 13.9. The van der Waals surface area contributed by atoms with Crippen molar-refractivity contribution in [1.29, 1.82) is 0 Å². The molecule has 2 fully saturated rings. The first-order valence-electron chi connectivity index (χ1n) is 10.0. The fourth-order valence-corrected chi connectivity index (χ4v) is 4.64. The van der Waals surface area contributed by atoms with Crippen LogP contribution in [0.4, 0.5) is 39.4 Å². The predicted octanol–water partition coefficient (Wildman–Crippen LogP) is 3.36. The van der Waals surface area contributed by atoms with Crippen LogP contribution in [0.15, 0.2) is 29.1 Å². The van der Waals surface area contributed by atoms with Gasteiger partial charge in [-0.3, -0.25) is 14.3 Å². The number of morpholine rings is 1. The first-order valence-corrected chi connectivity index (χ1v) is 10.0. The summed E-state index contributed by atoms with van der Waals surface area (Å²) in [5, 5.41) is 0. The van der Waals surface area contributed by atoms with Gasteiger partial charge in [-0.1, -0.05) is 0 Å². The Hall–Kier alpha value is -2.69. The van der Waals surface area contributed by atoms with Crippen LogP contribution in [0.5, 0.6) is 0 Å². The second kappa shape index (κ2) is 7.18. The Morgan fingerprint density at radius 3 is 2.23 bits per heavy atom. The van der Waals surface area contributed by atoms with Crippen molar-refractivity contribution in [3.05, 3.63) is 46.3 Å². The third-order valence-electron chi connectivity index (χ3n) is 6.00. The average molecular weight is 442 g/mol. The lowest BCUT2D eigenvalue weighted by molar-refractivity contribution is -0.150. The van der Waals surface area contributed by atoms with Gasteiger partial charge in [-0.2, -0.15) is 18.2 Å². The topological polar surface area (TPSA) is 50.6 Å². The Kier molecular flexibility index (Phi) is 4.68. The van der Waals surface area contributed by atoms with Gasteiger partial charge in [-0.25, -0.2) is 8.78 Å². The van der Waals surface area contributed by atoms with Crippen LogP contribution in [0, 0.1) is 11.6 Å². The molecule has 166 valence electrons. The summed E-state index contributed by atoms with van der Waals surface area (Å²) in [5.41, 5.74) is -0.860. The molecular weight excluding hydrogens is 423 g/mol. The molecule has 3 aliphatic heterocycles. The van der Waals surface area contributed by atoms with Crippen LogP contribution in [0.2, 0.25) is 0 Å². The number of alkyl halides is 3. The van der Waals surface area contributed by atoms with Gasteiger partial charge in [-0.05, 0) is 31.4 Å². The van der Waals surface area contributed by atoms with Crippen LogP contribution in [0.25, 0.3) is 0 Å². The summed E-state index contributed by atoms with van der Waals surface area (Å²) in [4.78, 5) is 19.7. The molecule has 11 heteroatoms. The summed E-state index contributed by atoms with van der Waals surface area (Å²) in [7, 11) is 0. The van der Waals surface area contributed by atoms with Crippen LogP contribution in [0.3, 0.4) is 0 Å². The second-order valence-electron chi connectivity index (χ2n) is 8.11. The SMILES string of the molecule is O=c1cc(N2CC3CCC(C2)O3)nc2n1CC[C@@H](C(F)(F)F)N2c1cc(F)cc(F)c1. The summed E-state index contributed by atoms with van der Waals surface area (Å²) in [6, 6.07) is 1.43. The molecule has 0 amide bonds. The van der Waals surface area contributed by atoms with E-state index in [0.29, 0.717) is 19.2 Å². The maximum Gasteiger partial charge on any atom is 0.409 e. The molecule has 2 aromatic rings. The zero-order valence-corrected chi connectivity index (χ0v) is 16.3. The quantitative estimate of drug-likeness (QED) is 0.668. The molecule has 0 N–H and O–H groups in total. The van der Waals surface area contributed by atoms with E-state index >= 15 is 0 Å². The lowest BCUT2D eigenvalue weighted by Crippen LogP contribution is -2.50. The van der Waals surface area contributed by atoms with Gasteiger partial charge in [-0.15, -0.1) is 0 Å². The zero-order valence-electron chi connectivity index (χ0n) is 16.3. The van der Waals surface area contributed by atoms with Gasteiger partial charge >= 0.3 is 6.18 Å². The molecule has 4 heterocycles. The number of hydrogen-bond donors (Lipinski definition) is 0. The monoisotopic (exact) mass is 442 g/mol. The minimum absolute atomic E-state index is 0.0179. The Morgan fingerprint density at radius 2 is 1.61 bits per heavy atom. The minimum Gasteiger partial charge on any atom is -0.371 e. The molecule has 2 saturated heterocycles. The molecule has 6 nitrogen and oxygen atoms in total. The van der Waals surface area contributed by atoms with Gasteiger partial charge in [0.25, 0.3) is 5.56 Å². The highest BCUT2D eigenvalue weighted by atomic mass is 19.4. The molecule has 2 bridgehead atoms. The van der Waals surface area contributed by atoms with E-state index in [4.69, 9.17) is 4.74 Å². The first kappa shape index (κ1) is 20.2. The van der Waals surface area contributed by atoms with Gasteiger partial charge in [0.2, 0.25) is 5.95 Å². The van der Waals surface area contributed by atoms with Gasteiger partial charge in [0.1, 0.15) is 23.5 Å². The van der Waals surface area contributed by atoms with Crippen molar-refractivity contribution in [2.24, 2.45) is 0 Å². The Bertz CT molecular complexity index is 1040. The predicted molar refractivity (Wildman–Crippen MR) is 102 cm³/mol. The number of hydrogen-bond acceptors (Lipinski definition) is 5. The van der Waals surface area contributed by atoms with Crippen molar-refractivity contribution in [3.63, 3.8) is 0 Å². The third-order valence-corrected chi connectivity index (χ3v) is 6.00. The van der Waals surface area contributed by atoms with E-state index in [0.717, 1.165) is 34.4 Å². The molecule has 3 aliphatic rings. The number of anilines is 3. The smallest absolute Gasteiger partial charge is 0.371 e. The van der Waals surface area contributed by atoms with E-state index in [1.165, 1.54) is 6.07 Å². The van der Waals surface area contributed by atoms with E-state index in [2.05, 4.69) is 4.98 Å². The summed E-state index contributed by atoms with van der Waals surface area (Å²) >= 11 is 0. The fraction of sp³-hybridized carbons (Fsp3) is 0.500.